The van der Waals surface area contributed by atoms with Gasteiger partial charge in [-0.05, 0) is 55.4 Å². The Morgan fingerprint density at radius 2 is 1.11 bits per heavy atom. The Hall–Kier alpha value is 0.360. The highest BCUT2D eigenvalue weighted by Gasteiger charge is 2.37. The molecule has 0 aliphatic rings. The second kappa shape index (κ2) is 5.78. The number of rotatable bonds is 7. The minimum absolute atomic E-state index is 0.275. The van der Waals surface area contributed by atoms with Crippen molar-refractivity contribution in [1.82, 2.24) is 0 Å². The smallest absolute Gasteiger partial charge is 0.283 e. The molecule has 0 saturated carbocycles. The van der Waals surface area contributed by atoms with Gasteiger partial charge in [-0.25, -0.2) is 0 Å². The van der Waals surface area contributed by atoms with Gasteiger partial charge < -0.3 is 14.4 Å². The van der Waals surface area contributed by atoms with Gasteiger partial charge in [0.2, 0.25) is 0 Å². The van der Waals surface area contributed by atoms with Gasteiger partial charge in [0.15, 0.2) is 0 Å². The van der Waals surface area contributed by atoms with E-state index in [9.17, 15) is 5.11 Å². The molecule has 1 N–H and O–H groups in total. The van der Waals surface area contributed by atoms with Crippen LogP contribution in [-0.2, 0) is 9.31 Å². The van der Waals surface area contributed by atoms with Crippen molar-refractivity contribution in [3.63, 3.8) is 0 Å². The molecular weight excluding hydrogens is 246 g/mol. The van der Waals surface area contributed by atoms with Crippen LogP contribution >= 0.6 is 12.6 Å². The van der Waals surface area contributed by atoms with Crippen LogP contribution in [0.1, 0.15) is 55.4 Å². The van der Waals surface area contributed by atoms with E-state index in [1.165, 1.54) is 14.7 Å². The summed E-state index contributed by atoms with van der Waals surface area (Å²) >= 11 is 4.50. The van der Waals surface area contributed by atoms with Gasteiger partial charge in [0.05, 0.1) is 16.8 Å². The Kier molecular flexibility index (Phi) is 5.89. The largest absolute Gasteiger partial charge is 0.442 e. The normalized spacial score (nSPS) is 14.6. The Bertz CT molecular complexity index is 239. The van der Waals surface area contributed by atoms with Gasteiger partial charge in [-0.15, -0.1) is 0 Å². The van der Waals surface area contributed by atoms with Crippen LogP contribution in [0.2, 0.25) is 0 Å². The molecule has 0 aromatic heterocycles. The molecule has 104 valence electrons. The van der Waals surface area contributed by atoms with Crippen LogP contribution in [-0.4, -0.2) is 41.4 Å². The van der Waals surface area contributed by atoms with Gasteiger partial charge in [0, 0.05) is 4.75 Å². The van der Waals surface area contributed by atoms with Crippen LogP contribution in [0.4, 0.5) is 0 Å². The molecular formula is C12H26B2O3S. The van der Waals surface area contributed by atoms with Crippen LogP contribution in [0.3, 0.4) is 0 Å². The summed E-state index contributed by atoms with van der Waals surface area (Å²) in [6.45, 7) is 15.0. The molecule has 0 aliphatic heterocycles. The van der Waals surface area contributed by atoms with Crippen molar-refractivity contribution in [2.24, 2.45) is 0 Å². The molecule has 0 unspecified atom stereocenters. The van der Waals surface area contributed by atoms with Gasteiger partial charge in [-0.2, -0.15) is 12.6 Å². The third kappa shape index (κ3) is 5.16. The standard InChI is InChI=1S/C12H26B2O3S/c1-9(2,15)10(3,4)16-13-14-17-11(5,6)12(7,8)18/h15,18H,1-8H3. The second-order valence-corrected chi connectivity index (χ2v) is 7.76. The van der Waals surface area contributed by atoms with E-state index in [1.54, 1.807) is 13.8 Å². The van der Waals surface area contributed by atoms with Crippen molar-refractivity contribution >= 4 is 27.4 Å². The van der Waals surface area contributed by atoms with Crippen LogP contribution in [0.15, 0.2) is 0 Å². The summed E-state index contributed by atoms with van der Waals surface area (Å²) in [5.74, 6) is 0. The molecule has 0 aromatic carbocycles. The van der Waals surface area contributed by atoms with E-state index in [1.807, 2.05) is 41.5 Å². The Morgan fingerprint density at radius 1 is 0.778 bits per heavy atom. The third-order valence-corrected chi connectivity index (χ3v) is 4.27. The van der Waals surface area contributed by atoms with Crippen LogP contribution in [0, 0.1) is 0 Å². The number of hydrogen-bond donors (Lipinski definition) is 2. The molecule has 3 nitrogen and oxygen atoms in total. The fraction of sp³-hybridized carbons (Fsp3) is 1.00. The van der Waals surface area contributed by atoms with E-state index >= 15 is 0 Å². The van der Waals surface area contributed by atoms with E-state index in [0.717, 1.165) is 0 Å². The van der Waals surface area contributed by atoms with Crippen molar-refractivity contribution in [3.05, 3.63) is 0 Å². The maximum atomic E-state index is 9.92. The first-order valence-electron chi connectivity index (χ1n) is 6.16. The molecule has 0 spiro atoms. The summed E-state index contributed by atoms with van der Waals surface area (Å²) in [6, 6.07) is 0. The lowest BCUT2D eigenvalue weighted by molar-refractivity contribution is -0.0892. The SMILES string of the molecule is CC(C)(O)C(C)(C)O[B][B]OC(C)(C)C(C)(C)S. The lowest BCUT2D eigenvalue weighted by atomic mass is 9.62. The molecule has 0 aromatic rings. The Labute approximate surface area is 119 Å². The minimum Gasteiger partial charge on any atom is -0.442 e. The predicted octanol–water partition coefficient (Wildman–Crippen LogP) is 2.21. The Morgan fingerprint density at radius 3 is 1.39 bits per heavy atom. The maximum absolute atomic E-state index is 9.92. The zero-order valence-electron chi connectivity index (χ0n) is 12.9. The fourth-order valence-electron chi connectivity index (χ4n) is 0.684. The lowest BCUT2D eigenvalue weighted by Crippen LogP contribution is -2.50. The highest BCUT2D eigenvalue weighted by Crippen LogP contribution is 2.30. The molecule has 0 heterocycles. The molecule has 0 fully saturated rings. The molecule has 18 heavy (non-hydrogen) atoms. The van der Waals surface area contributed by atoms with Gasteiger partial charge in [-0.1, -0.05) is 0 Å². The van der Waals surface area contributed by atoms with Gasteiger partial charge in [-0.3, -0.25) is 0 Å². The van der Waals surface area contributed by atoms with Crippen LogP contribution in [0.5, 0.6) is 0 Å². The average Bonchev–Trinajstić information content (AvgIpc) is 2.08. The van der Waals surface area contributed by atoms with Crippen molar-refractivity contribution in [2.45, 2.75) is 76.9 Å². The highest BCUT2D eigenvalue weighted by molar-refractivity contribution is 7.81. The highest BCUT2D eigenvalue weighted by atomic mass is 32.1. The summed E-state index contributed by atoms with van der Waals surface area (Å²) in [4.78, 5) is 0. The molecule has 0 bridgehead atoms. The second-order valence-electron chi connectivity index (χ2n) is 6.65. The number of hydrogen-bond acceptors (Lipinski definition) is 4. The summed E-state index contributed by atoms with van der Waals surface area (Å²) in [5, 5.41) is 9.92. The van der Waals surface area contributed by atoms with E-state index in [0.29, 0.717) is 0 Å². The van der Waals surface area contributed by atoms with E-state index in [2.05, 4.69) is 12.6 Å². The first-order chi connectivity index (χ1) is 7.71. The summed E-state index contributed by atoms with van der Waals surface area (Å²) < 4.78 is 10.9. The quantitative estimate of drug-likeness (QED) is 0.424. The Balaban J connectivity index is 4.17. The maximum Gasteiger partial charge on any atom is 0.283 e. The van der Waals surface area contributed by atoms with Crippen molar-refractivity contribution in [3.8, 4) is 0 Å². The molecule has 0 atom stereocenters. The van der Waals surface area contributed by atoms with Crippen LogP contribution in [0.25, 0.3) is 0 Å². The predicted molar refractivity (Wildman–Crippen MR) is 81.2 cm³/mol. The monoisotopic (exact) mass is 272 g/mol. The lowest BCUT2D eigenvalue weighted by Gasteiger charge is -2.40. The molecule has 0 amide bonds. The van der Waals surface area contributed by atoms with Gasteiger partial charge in [0.1, 0.15) is 0 Å². The first-order valence-corrected chi connectivity index (χ1v) is 6.61. The van der Waals surface area contributed by atoms with Gasteiger partial charge in [0.25, 0.3) is 14.7 Å². The molecule has 0 aliphatic carbocycles. The van der Waals surface area contributed by atoms with Crippen LogP contribution < -0.4 is 0 Å². The molecule has 0 rings (SSSR count). The topological polar surface area (TPSA) is 38.7 Å². The molecule has 0 saturated heterocycles. The van der Waals surface area contributed by atoms with Crippen molar-refractivity contribution in [2.75, 3.05) is 0 Å². The van der Waals surface area contributed by atoms with E-state index in [-0.39, 0.29) is 4.75 Å². The zero-order valence-corrected chi connectivity index (χ0v) is 13.8. The summed E-state index contributed by atoms with van der Waals surface area (Å²) in [7, 11) is 2.98. The molecule has 6 heteroatoms. The van der Waals surface area contributed by atoms with Crippen molar-refractivity contribution in [1.29, 1.82) is 0 Å². The van der Waals surface area contributed by atoms with E-state index in [4.69, 9.17) is 9.31 Å². The molecule has 2 radical (unpaired) electrons. The minimum atomic E-state index is -0.935. The third-order valence-electron chi connectivity index (χ3n) is 3.73. The summed E-state index contributed by atoms with van der Waals surface area (Å²) in [6.07, 6.45) is 0. The summed E-state index contributed by atoms with van der Waals surface area (Å²) in [5.41, 5.74) is -2.04. The van der Waals surface area contributed by atoms with Crippen molar-refractivity contribution < 1.29 is 14.4 Å². The first kappa shape index (κ1) is 18.4. The number of thiol groups is 1. The average molecular weight is 272 g/mol. The number of aliphatic hydroxyl groups is 1. The zero-order chi connectivity index (χ0) is 14.8. The fourth-order valence-corrected chi connectivity index (χ4v) is 0.737. The van der Waals surface area contributed by atoms with E-state index < -0.39 is 16.8 Å². The van der Waals surface area contributed by atoms with Gasteiger partial charge >= 0.3 is 0 Å².